The van der Waals surface area contributed by atoms with E-state index in [1.807, 2.05) is 0 Å². The van der Waals surface area contributed by atoms with E-state index in [0.717, 1.165) is 13.0 Å². The summed E-state index contributed by atoms with van der Waals surface area (Å²) in [6, 6.07) is 0. The van der Waals surface area contributed by atoms with Crippen molar-refractivity contribution in [1.29, 1.82) is 0 Å². The van der Waals surface area contributed by atoms with Gasteiger partial charge in [-0.3, -0.25) is 0 Å². The van der Waals surface area contributed by atoms with Crippen molar-refractivity contribution in [1.82, 2.24) is 0 Å². The van der Waals surface area contributed by atoms with Crippen LogP contribution in [0.3, 0.4) is 0 Å². The molecule has 0 radical (unpaired) electrons. The summed E-state index contributed by atoms with van der Waals surface area (Å²) in [7, 11) is 1.70. The summed E-state index contributed by atoms with van der Waals surface area (Å²) < 4.78 is 10.5. The molecular formula is C11H20O2. The third-order valence-electron chi connectivity index (χ3n) is 2.64. The van der Waals surface area contributed by atoms with E-state index in [1.165, 1.54) is 18.4 Å². The van der Waals surface area contributed by atoms with Gasteiger partial charge in [0.05, 0.1) is 19.8 Å². The number of allylic oxidation sites excluding steroid dienone is 1. The molecule has 2 heteroatoms. The van der Waals surface area contributed by atoms with Gasteiger partial charge in [0.15, 0.2) is 0 Å². The van der Waals surface area contributed by atoms with Gasteiger partial charge in [0.25, 0.3) is 0 Å². The van der Waals surface area contributed by atoms with Crippen molar-refractivity contribution in [3.05, 3.63) is 12.2 Å². The maximum absolute atomic E-state index is 5.54. The first-order valence-electron chi connectivity index (χ1n) is 4.90. The van der Waals surface area contributed by atoms with E-state index in [4.69, 9.17) is 9.47 Å². The maximum Gasteiger partial charge on any atom is 0.0700 e. The summed E-state index contributed by atoms with van der Waals surface area (Å²) in [5.41, 5.74) is 1.71. The average molecular weight is 184 g/mol. The van der Waals surface area contributed by atoms with Crippen molar-refractivity contribution in [2.45, 2.75) is 26.2 Å². The van der Waals surface area contributed by atoms with Gasteiger partial charge in [0, 0.05) is 7.11 Å². The molecule has 1 aliphatic carbocycles. The highest BCUT2D eigenvalue weighted by Crippen LogP contribution is 2.40. The molecule has 76 valence electrons. The fraction of sp³-hybridized carbons (Fsp3) is 0.818. The minimum Gasteiger partial charge on any atom is -0.382 e. The van der Waals surface area contributed by atoms with Crippen molar-refractivity contribution in [3.8, 4) is 0 Å². The molecule has 1 atom stereocenters. The van der Waals surface area contributed by atoms with Crippen LogP contribution in [0.25, 0.3) is 0 Å². The van der Waals surface area contributed by atoms with Crippen molar-refractivity contribution in [3.63, 3.8) is 0 Å². The minimum absolute atomic E-state index is 0.338. The molecule has 0 spiro atoms. The molecule has 0 bridgehead atoms. The van der Waals surface area contributed by atoms with E-state index in [2.05, 4.69) is 13.5 Å². The van der Waals surface area contributed by atoms with E-state index < -0.39 is 0 Å². The van der Waals surface area contributed by atoms with Crippen molar-refractivity contribution in [2.24, 2.45) is 5.41 Å². The lowest BCUT2D eigenvalue weighted by molar-refractivity contribution is 0.0249. The predicted molar refractivity (Wildman–Crippen MR) is 53.8 cm³/mol. The van der Waals surface area contributed by atoms with Gasteiger partial charge in [-0.1, -0.05) is 19.1 Å². The number of ether oxygens (including phenoxy) is 2. The van der Waals surface area contributed by atoms with Gasteiger partial charge < -0.3 is 9.47 Å². The monoisotopic (exact) mass is 184 g/mol. The molecule has 1 unspecified atom stereocenters. The zero-order chi connectivity index (χ0) is 9.73. The smallest absolute Gasteiger partial charge is 0.0700 e. The Morgan fingerprint density at radius 2 is 2.23 bits per heavy atom. The van der Waals surface area contributed by atoms with Gasteiger partial charge in [0.2, 0.25) is 0 Å². The van der Waals surface area contributed by atoms with Crippen LogP contribution in [0.15, 0.2) is 12.2 Å². The lowest BCUT2D eigenvalue weighted by Crippen LogP contribution is -2.20. The quantitative estimate of drug-likeness (QED) is 0.482. The molecule has 1 fully saturated rings. The van der Waals surface area contributed by atoms with Crippen molar-refractivity contribution < 1.29 is 9.47 Å². The van der Waals surface area contributed by atoms with Crippen LogP contribution in [0.5, 0.6) is 0 Å². The molecule has 1 aliphatic rings. The van der Waals surface area contributed by atoms with E-state index >= 15 is 0 Å². The molecule has 1 saturated carbocycles. The van der Waals surface area contributed by atoms with Crippen LogP contribution in [0, 0.1) is 5.41 Å². The molecule has 0 saturated heterocycles. The number of hydrogen-bond donors (Lipinski definition) is 0. The number of rotatable bonds is 5. The van der Waals surface area contributed by atoms with Crippen LogP contribution >= 0.6 is 0 Å². The van der Waals surface area contributed by atoms with E-state index in [0.29, 0.717) is 18.6 Å². The highest BCUT2D eigenvalue weighted by Gasteiger charge is 2.30. The molecule has 0 N–H and O–H groups in total. The lowest BCUT2D eigenvalue weighted by atomic mass is 9.90. The molecule has 1 rings (SSSR count). The average Bonchev–Trinajstić information content (AvgIpc) is 2.41. The topological polar surface area (TPSA) is 18.5 Å². The van der Waals surface area contributed by atoms with Gasteiger partial charge in [0.1, 0.15) is 0 Å². The molecule has 0 aliphatic heterocycles. The van der Waals surface area contributed by atoms with E-state index in [1.54, 1.807) is 7.11 Å². The van der Waals surface area contributed by atoms with E-state index in [-0.39, 0.29) is 0 Å². The third kappa shape index (κ3) is 3.49. The molecular weight excluding hydrogens is 164 g/mol. The second kappa shape index (κ2) is 4.77. The third-order valence-corrected chi connectivity index (χ3v) is 2.64. The fourth-order valence-electron chi connectivity index (χ4n) is 1.84. The van der Waals surface area contributed by atoms with E-state index in [9.17, 15) is 0 Å². The first-order chi connectivity index (χ1) is 6.16. The van der Waals surface area contributed by atoms with Gasteiger partial charge in [-0.25, -0.2) is 0 Å². The summed E-state index contributed by atoms with van der Waals surface area (Å²) in [5, 5.41) is 0. The van der Waals surface area contributed by atoms with Crippen LogP contribution in [-0.2, 0) is 9.47 Å². The van der Waals surface area contributed by atoms with Crippen LogP contribution in [0.4, 0.5) is 0 Å². The Labute approximate surface area is 80.9 Å². The first-order valence-corrected chi connectivity index (χ1v) is 4.90. The van der Waals surface area contributed by atoms with Crippen LogP contribution < -0.4 is 0 Å². The van der Waals surface area contributed by atoms with Crippen LogP contribution in [0.2, 0.25) is 0 Å². The van der Waals surface area contributed by atoms with Crippen LogP contribution in [-0.4, -0.2) is 26.9 Å². The van der Waals surface area contributed by atoms with Crippen molar-refractivity contribution in [2.75, 3.05) is 26.9 Å². The standard InChI is InChI=1S/C11H20O2/c1-10-4-5-11(2,8-10)9-13-7-6-12-3/h1,4-9H2,2-3H3. The summed E-state index contributed by atoms with van der Waals surface area (Å²) in [6.45, 7) is 8.53. The molecule has 0 aromatic rings. The Bertz CT molecular complexity index is 177. The Kier molecular flexibility index (Phi) is 3.94. The van der Waals surface area contributed by atoms with Gasteiger partial charge in [-0.2, -0.15) is 0 Å². The molecule has 0 aromatic heterocycles. The maximum atomic E-state index is 5.54. The lowest BCUT2D eigenvalue weighted by Gasteiger charge is -2.22. The second-order valence-corrected chi connectivity index (χ2v) is 4.28. The number of methoxy groups -OCH3 is 1. The summed E-state index contributed by atoms with van der Waals surface area (Å²) in [4.78, 5) is 0. The van der Waals surface area contributed by atoms with Gasteiger partial charge in [-0.15, -0.1) is 0 Å². The highest BCUT2D eigenvalue weighted by atomic mass is 16.5. The molecule has 13 heavy (non-hydrogen) atoms. The largest absolute Gasteiger partial charge is 0.382 e. The Hall–Kier alpha value is -0.340. The fourth-order valence-corrected chi connectivity index (χ4v) is 1.84. The minimum atomic E-state index is 0.338. The summed E-state index contributed by atoms with van der Waals surface area (Å²) >= 11 is 0. The van der Waals surface area contributed by atoms with Gasteiger partial charge >= 0.3 is 0 Å². The molecule has 0 aromatic carbocycles. The predicted octanol–water partition coefficient (Wildman–Crippen LogP) is 2.40. The SMILES string of the molecule is C=C1CCC(C)(COCCOC)C1. The molecule has 0 heterocycles. The highest BCUT2D eigenvalue weighted by molar-refractivity contribution is 5.06. The Balaban J connectivity index is 2.16. The first kappa shape index (κ1) is 10.7. The zero-order valence-electron chi connectivity index (χ0n) is 8.77. The summed E-state index contributed by atoms with van der Waals surface area (Å²) in [5.74, 6) is 0. The zero-order valence-corrected chi connectivity index (χ0v) is 8.77. The second-order valence-electron chi connectivity index (χ2n) is 4.28. The van der Waals surface area contributed by atoms with Crippen molar-refractivity contribution >= 4 is 0 Å². The molecule has 2 nitrogen and oxygen atoms in total. The Morgan fingerprint density at radius 1 is 1.46 bits per heavy atom. The Morgan fingerprint density at radius 3 is 2.77 bits per heavy atom. The normalized spacial score (nSPS) is 28.3. The van der Waals surface area contributed by atoms with Gasteiger partial charge in [-0.05, 0) is 24.7 Å². The summed E-state index contributed by atoms with van der Waals surface area (Å²) in [6.07, 6.45) is 3.52. The number of hydrogen-bond acceptors (Lipinski definition) is 2. The van der Waals surface area contributed by atoms with Crippen LogP contribution in [0.1, 0.15) is 26.2 Å². The molecule has 0 amide bonds.